The summed E-state index contributed by atoms with van der Waals surface area (Å²) in [7, 11) is 0. The Labute approximate surface area is 187 Å². The molecule has 4 aliphatic rings. The molecular formula is C25H29N3O4. The molecular weight excluding hydrogens is 406 g/mol. The number of aliphatic carboxylic acids is 2. The zero-order valence-electron chi connectivity index (χ0n) is 18.1. The molecule has 7 heteroatoms. The number of carbonyl (C=O) groups is 2. The van der Waals surface area contributed by atoms with Crippen molar-refractivity contribution in [2.45, 2.75) is 25.8 Å². The first kappa shape index (κ1) is 22.0. The Bertz CT molecular complexity index is 976. The Morgan fingerprint density at radius 3 is 2.28 bits per heavy atom. The number of nitrogens with zero attached hydrogens (tertiary/aromatic N) is 2. The van der Waals surface area contributed by atoms with Gasteiger partial charge in [-0.1, -0.05) is 29.8 Å². The maximum atomic E-state index is 9.55. The summed E-state index contributed by atoms with van der Waals surface area (Å²) in [4.78, 5) is 26.3. The average molecular weight is 436 g/mol. The van der Waals surface area contributed by atoms with Gasteiger partial charge in [0, 0.05) is 55.8 Å². The Morgan fingerprint density at radius 1 is 1.00 bits per heavy atom. The summed E-state index contributed by atoms with van der Waals surface area (Å²) in [5.41, 5.74) is 4.93. The van der Waals surface area contributed by atoms with E-state index in [9.17, 15) is 9.59 Å². The third kappa shape index (κ3) is 5.34. The predicted molar refractivity (Wildman–Crippen MR) is 122 cm³/mol. The van der Waals surface area contributed by atoms with Crippen LogP contribution < -0.4 is 5.32 Å². The van der Waals surface area contributed by atoms with Crippen LogP contribution in [0.5, 0.6) is 0 Å². The highest BCUT2D eigenvalue weighted by Gasteiger charge is 2.47. The SMILES string of the molecule is Cc1cccc(-c2cncc(NC3C4CC5CC3CN(C5)C4)c2)c1.O=C(O)C=CC(=O)O. The van der Waals surface area contributed by atoms with Crippen molar-refractivity contribution in [1.82, 2.24) is 9.88 Å². The number of hydrogen-bond donors (Lipinski definition) is 3. The highest BCUT2D eigenvalue weighted by molar-refractivity contribution is 5.89. The van der Waals surface area contributed by atoms with Crippen LogP contribution in [0, 0.1) is 24.7 Å². The van der Waals surface area contributed by atoms with Crippen LogP contribution in [0.15, 0.2) is 54.9 Å². The van der Waals surface area contributed by atoms with Gasteiger partial charge in [-0.3, -0.25) is 4.98 Å². The summed E-state index contributed by atoms with van der Waals surface area (Å²) in [6, 6.07) is 11.6. The molecule has 32 heavy (non-hydrogen) atoms. The third-order valence-electron chi connectivity index (χ3n) is 6.58. The van der Waals surface area contributed by atoms with E-state index in [-0.39, 0.29) is 0 Å². The number of aromatic nitrogens is 1. The summed E-state index contributed by atoms with van der Waals surface area (Å²) in [6.45, 7) is 6.07. The average Bonchev–Trinajstić information content (AvgIpc) is 2.75. The molecule has 1 saturated carbocycles. The molecule has 2 aromatic rings. The van der Waals surface area contributed by atoms with Gasteiger partial charge < -0.3 is 20.4 Å². The Morgan fingerprint density at radius 2 is 1.69 bits per heavy atom. The van der Waals surface area contributed by atoms with Gasteiger partial charge in [-0.15, -0.1) is 0 Å². The molecule has 0 amide bonds. The molecule has 4 heterocycles. The third-order valence-corrected chi connectivity index (χ3v) is 6.58. The second-order valence-corrected chi connectivity index (χ2v) is 9.09. The zero-order valence-corrected chi connectivity index (χ0v) is 18.1. The number of carboxylic acid groups (broad SMARTS) is 2. The summed E-state index contributed by atoms with van der Waals surface area (Å²) in [6.07, 6.45) is 7.91. The van der Waals surface area contributed by atoms with Crippen molar-refractivity contribution < 1.29 is 19.8 Å². The standard InChI is InChI=1S/C21H25N3.C4H4O4/c1-14-3-2-4-16(5-14)17-8-20(10-22-9-17)23-21-18-6-15-7-19(21)13-24(11-15)12-18;5-3(6)1-2-4(7)8/h2-5,8-10,15,18-19,21,23H,6-7,11-13H2,1H3;1-2H,(H,5,6)(H,7,8). The van der Waals surface area contributed by atoms with Gasteiger partial charge in [-0.2, -0.15) is 0 Å². The van der Waals surface area contributed by atoms with Crippen molar-refractivity contribution in [2.24, 2.45) is 17.8 Å². The van der Waals surface area contributed by atoms with Crippen LogP contribution in [0.2, 0.25) is 0 Å². The topological polar surface area (TPSA) is 103 Å². The number of rotatable bonds is 5. The number of carboxylic acids is 2. The molecule has 0 spiro atoms. The van der Waals surface area contributed by atoms with Gasteiger partial charge in [0.1, 0.15) is 0 Å². The van der Waals surface area contributed by atoms with Gasteiger partial charge in [-0.05, 0) is 49.1 Å². The van der Waals surface area contributed by atoms with E-state index in [1.54, 1.807) is 0 Å². The quantitative estimate of drug-likeness (QED) is 0.618. The lowest BCUT2D eigenvalue weighted by atomic mass is 9.65. The molecule has 0 radical (unpaired) electrons. The fraction of sp³-hybridized carbons (Fsp3) is 0.400. The Hall–Kier alpha value is -3.19. The van der Waals surface area contributed by atoms with Crippen molar-refractivity contribution in [3.63, 3.8) is 0 Å². The number of anilines is 1. The Kier molecular flexibility index (Phi) is 6.55. The highest BCUT2D eigenvalue weighted by Crippen LogP contribution is 2.44. The van der Waals surface area contributed by atoms with Gasteiger partial charge in [0.05, 0.1) is 5.69 Å². The van der Waals surface area contributed by atoms with Crippen LogP contribution in [-0.4, -0.2) is 57.7 Å². The van der Waals surface area contributed by atoms with Crippen LogP contribution in [0.1, 0.15) is 18.4 Å². The molecule has 3 saturated heterocycles. The van der Waals surface area contributed by atoms with E-state index < -0.39 is 11.9 Å². The van der Waals surface area contributed by atoms with Crippen molar-refractivity contribution in [2.75, 3.05) is 25.0 Å². The summed E-state index contributed by atoms with van der Waals surface area (Å²) in [5, 5.41) is 19.5. The summed E-state index contributed by atoms with van der Waals surface area (Å²) in [5.74, 6) is 0.0786. The number of benzene rings is 1. The summed E-state index contributed by atoms with van der Waals surface area (Å²) >= 11 is 0. The van der Waals surface area contributed by atoms with E-state index in [2.05, 4.69) is 52.5 Å². The molecule has 6 rings (SSSR count). The minimum Gasteiger partial charge on any atom is -0.478 e. The Balaban J connectivity index is 0.000000265. The normalized spacial score (nSPS) is 27.6. The van der Waals surface area contributed by atoms with Crippen molar-refractivity contribution >= 4 is 17.6 Å². The minimum atomic E-state index is -1.26. The first-order valence-electron chi connectivity index (χ1n) is 11.0. The zero-order chi connectivity index (χ0) is 22.7. The van der Waals surface area contributed by atoms with Crippen molar-refractivity contribution in [3.05, 3.63) is 60.4 Å². The fourth-order valence-corrected chi connectivity index (χ4v) is 5.48. The van der Waals surface area contributed by atoms with Gasteiger partial charge in [0.15, 0.2) is 0 Å². The van der Waals surface area contributed by atoms with E-state index in [1.807, 2.05) is 12.4 Å². The minimum absolute atomic E-state index is 0.558. The molecule has 4 fully saturated rings. The lowest BCUT2D eigenvalue weighted by Crippen LogP contribution is -2.62. The highest BCUT2D eigenvalue weighted by atomic mass is 16.4. The van der Waals surface area contributed by atoms with Gasteiger partial charge in [-0.25, -0.2) is 9.59 Å². The molecule has 2 atom stereocenters. The van der Waals surface area contributed by atoms with Crippen LogP contribution in [0.25, 0.3) is 11.1 Å². The smallest absolute Gasteiger partial charge is 0.328 e. The molecule has 3 N–H and O–H groups in total. The maximum absolute atomic E-state index is 9.55. The molecule has 4 bridgehead atoms. The van der Waals surface area contributed by atoms with Crippen molar-refractivity contribution in [3.8, 4) is 11.1 Å². The van der Waals surface area contributed by atoms with Crippen LogP contribution >= 0.6 is 0 Å². The number of piperidine rings is 3. The van der Waals surface area contributed by atoms with Gasteiger partial charge >= 0.3 is 11.9 Å². The fourth-order valence-electron chi connectivity index (χ4n) is 5.48. The first-order chi connectivity index (χ1) is 15.4. The first-order valence-corrected chi connectivity index (χ1v) is 11.0. The molecule has 1 aromatic heterocycles. The molecule has 1 aromatic carbocycles. The van der Waals surface area contributed by atoms with Gasteiger partial charge in [0.25, 0.3) is 0 Å². The van der Waals surface area contributed by atoms with E-state index >= 15 is 0 Å². The molecule has 7 nitrogen and oxygen atoms in total. The second kappa shape index (κ2) is 9.53. The number of pyridine rings is 1. The van der Waals surface area contributed by atoms with Crippen LogP contribution in [0.4, 0.5) is 5.69 Å². The number of hydrogen-bond acceptors (Lipinski definition) is 5. The monoisotopic (exact) mass is 435 g/mol. The molecule has 3 aliphatic heterocycles. The molecule has 168 valence electrons. The van der Waals surface area contributed by atoms with Gasteiger partial charge in [0.2, 0.25) is 0 Å². The lowest BCUT2D eigenvalue weighted by molar-refractivity contribution is -0.134. The van der Waals surface area contributed by atoms with E-state index in [0.717, 1.165) is 17.8 Å². The molecule has 2 unspecified atom stereocenters. The predicted octanol–water partition coefficient (Wildman–Crippen LogP) is 3.52. The van der Waals surface area contributed by atoms with Crippen LogP contribution in [-0.2, 0) is 9.59 Å². The van der Waals surface area contributed by atoms with E-state index in [4.69, 9.17) is 10.2 Å². The summed E-state index contributed by atoms with van der Waals surface area (Å²) < 4.78 is 0. The van der Waals surface area contributed by atoms with E-state index in [1.165, 1.54) is 54.9 Å². The number of nitrogens with one attached hydrogen (secondary N) is 1. The second-order valence-electron chi connectivity index (χ2n) is 9.09. The molecule has 1 aliphatic carbocycles. The van der Waals surface area contributed by atoms with Crippen molar-refractivity contribution in [1.29, 1.82) is 0 Å². The van der Waals surface area contributed by atoms with E-state index in [0.29, 0.717) is 18.2 Å². The number of aryl methyl sites for hydroxylation is 1. The maximum Gasteiger partial charge on any atom is 0.328 e. The van der Waals surface area contributed by atoms with Crippen LogP contribution in [0.3, 0.4) is 0 Å². The largest absolute Gasteiger partial charge is 0.478 e. The lowest BCUT2D eigenvalue weighted by Gasteiger charge is -2.56.